The van der Waals surface area contributed by atoms with Gasteiger partial charge in [-0.15, -0.1) is 0 Å². The van der Waals surface area contributed by atoms with Crippen molar-refractivity contribution in [2.45, 2.75) is 98.6 Å². The van der Waals surface area contributed by atoms with E-state index in [9.17, 15) is 0 Å². The van der Waals surface area contributed by atoms with Crippen LogP contribution in [-0.4, -0.2) is 15.6 Å². The maximum atomic E-state index is 6.21. The molecule has 0 fully saturated rings. The quantitative estimate of drug-likeness (QED) is 0.372. The van der Waals surface area contributed by atoms with Crippen LogP contribution in [0.1, 0.15) is 96.1 Å². The summed E-state index contributed by atoms with van der Waals surface area (Å²) < 4.78 is 2.44. The molecule has 0 aliphatic rings. The fourth-order valence-electron chi connectivity index (χ4n) is 4.57. The van der Waals surface area contributed by atoms with E-state index in [4.69, 9.17) is 10.7 Å². The Balaban J connectivity index is 0.000000229. The molecule has 3 rings (SSSR count). The van der Waals surface area contributed by atoms with Crippen molar-refractivity contribution in [1.82, 2.24) is 9.55 Å². The second-order valence-corrected chi connectivity index (χ2v) is 9.38. The summed E-state index contributed by atoms with van der Waals surface area (Å²) in [5.41, 5.74) is 11.3. The van der Waals surface area contributed by atoms with Gasteiger partial charge < -0.3 is 10.3 Å². The van der Waals surface area contributed by atoms with Gasteiger partial charge in [-0.3, -0.25) is 0 Å². The zero-order valence-corrected chi connectivity index (χ0v) is 21.4. The maximum Gasteiger partial charge on any atom is 0.112 e. The van der Waals surface area contributed by atoms with Gasteiger partial charge in [0.15, 0.2) is 0 Å². The first-order chi connectivity index (χ1) is 15.4. The van der Waals surface area contributed by atoms with E-state index in [1.54, 1.807) is 0 Å². The number of imidazole rings is 1. The zero-order valence-electron chi connectivity index (χ0n) is 21.4. The minimum Gasteiger partial charge on any atom is -0.327 e. The predicted octanol–water partition coefficient (Wildman–Crippen LogP) is 7.82. The molecule has 1 unspecified atom stereocenters. The van der Waals surface area contributed by atoms with Gasteiger partial charge >= 0.3 is 0 Å². The summed E-state index contributed by atoms with van der Waals surface area (Å²) in [6.45, 7) is 15.5. The molecule has 32 heavy (non-hydrogen) atoms. The minimum atomic E-state index is 0.308. The van der Waals surface area contributed by atoms with Crippen LogP contribution in [0.25, 0.3) is 11.0 Å². The lowest BCUT2D eigenvalue weighted by Gasteiger charge is -2.21. The summed E-state index contributed by atoms with van der Waals surface area (Å²) in [6.07, 6.45) is 5.70. The highest BCUT2D eigenvalue weighted by Gasteiger charge is 2.18. The summed E-state index contributed by atoms with van der Waals surface area (Å²) in [6, 6.07) is 18.1. The molecule has 0 aliphatic carbocycles. The number of fused-ring (bicyclic) bond motifs is 1. The molecular formula is C29H45N3. The average molecular weight is 436 g/mol. The summed E-state index contributed by atoms with van der Waals surface area (Å²) in [5, 5.41) is 0. The smallest absolute Gasteiger partial charge is 0.112 e. The van der Waals surface area contributed by atoms with Gasteiger partial charge in [-0.05, 0) is 49.8 Å². The zero-order chi connectivity index (χ0) is 23.7. The van der Waals surface area contributed by atoms with E-state index in [2.05, 4.69) is 102 Å². The van der Waals surface area contributed by atoms with Gasteiger partial charge in [0, 0.05) is 18.0 Å². The van der Waals surface area contributed by atoms with Crippen molar-refractivity contribution >= 4 is 11.0 Å². The third kappa shape index (κ3) is 6.68. The molecule has 0 saturated carbocycles. The molecule has 0 radical (unpaired) electrons. The van der Waals surface area contributed by atoms with Crippen molar-refractivity contribution in [3.05, 3.63) is 65.5 Å². The first kappa shape index (κ1) is 26.1. The molecular weight excluding hydrogens is 390 g/mol. The van der Waals surface area contributed by atoms with Crippen LogP contribution in [0, 0.1) is 12.8 Å². The molecule has 0 amide bonds. The summed E-state index contributed by atoms with van der Waals surface area (Å²) in [7, 11) is 0. The van der Waals surface area contributed by atoms with Crippen LogP contribution in [0.2, 0.25) is 0 Å². The molecule has 2 N–H and O–H groups in total. The van der Waals surface area contributed by atoms with Crippen molar-refractivity contribution < 1.29 is 0 Å². The number of aryl methyl sites for hydroxylation is 1. The predicted molar refractivity (Wildman–Crippen MR) is 140 cm³/mol. The second-order valence-electron chi connectivity index (χ2n) is 9.38. The number of rotatable bonds is 9. The number of aromatic nitrogens is 2. The van der Waals surface area contributed by atoms with Gasteiger partial charge in [-0.2, -0.15) is 0 Å². The number of benzene rings is 2. The highest BCUT2D eigenvalue weighted by atomic mass is 15.1. The Labute approximate surface area is 196 Å². The lowest BCUT2D eigenvalue weighted by atomic mass is 9.90. The Morgan fingerprint density at radius 2 is 1.44 bits per heavy atom. The molecule has 1 heterocycles. The number of para-hydroxylation sites is 2. The van der Waals surface area contributed by atoms with E-state index in [-0.39, 0.29) is 0 Å². The molecule has 3 heteroatoms. The Hall–Kier alpha value is -2.13. The van der Waals surface area contributed by atoms with Gasteiger partial charge in [0.05, 0.1) is 11.0 Å². The highest BCUT2D eigenvalue weighted by molar-refractivity contribution is 5.76. The van der Waals surface area contributed by atoms with Crippen molar-refractivity contribution in [2.75, 3.05) is 0 Å². The Bertz CT molecular complexity index is 915. The fourth-order valence-corrected chi connectivity index (χ4v) is 4.57. The number of nitrogens with two attached hydrogens (primary N) is 1. The summed E-state index contributed by atoms with van der Waals surface area (Å²) in [5.74, 6) is 2.36. The van der Waals surface area contributed by atoms with Crippen LogP contribution in [0.3, 0.4) is 0 Å². The number of hydrogen-bond donors (Lipinski definition) is 1. The standard InChI is InChI=1S/C15H22N2.C14H23N/c1-5-12(6-2)17-14-10-8-7-9-13(14)16-15(17)11(3)4;1-4-13(5-2)14(15)10-12-8-6-11(3)7-9-12/h7-12H,5-6H2,1-4H3;6-9,13-14H,4-5,10,15H2,1-3H3. The minimum absolute atomic E-state index is 0.308. The SMILES string of the molecule is CCC(CC)C(N)Cc1ccc(C)cc1.CCC(CC)n1c(C(C)C)nc2ccccc21. The van der Waals surface area contributed by atoms with Crippen LogP contribution in [0.5, 0.6) is 0 Å². The lowest BCUT2D eigenvalue weighted by molar-refractivity contribution is 0.393. The van der Waals surface area contributed by atoms with Gasteiger partial charge in [-0.25, -0.2) is 4.98 Å². The first-order valence-corrected chi connectivity index (χ1v) is 12.6. The average Bonchev–Trinajstić information content (AvgIpc) is 3.18. The molecule has 176 valence electrons. The molecule has 3 nitrogen and oxygen atoms in total. The number of nitrogens with zero attached hydrogens (tertiary/aromatic N) is 2. The molecule has 0 aliphatic heterocycles. The molecule has 1 aromatic heterocycles. The molecule has 0 spiro atoms. The molecule has 2 aromatic carbocycles. The second kappa shape index (κ2) is 12.8. The number of hydrogen-bond acceptors (Lipinski definition) is 2. The topological polar surface area (TPSA) is 43.8 Å². The van der Waals surface area contributed by atoms with E-state index < -0.39 is 0 Å². The van der Waals surface area contributed by atoms with Crippen LogP contribution in [0.4, 0.5) is 0 Å². The largest absolute Gasteiger partial charge is 0.327 e. The summed E-state index contributed by atoms with van der Waals surface area (Å²) in [4.78, 5) is 4.79. The van der Waals surface area contributed by atoms with E-state index in [1.807, 2.05) is 0 Å². The molecule has 3 aromatic rings. The van der Waals surface area contributed by atoms with Crippen LogP contribution in [0.15, 0.2) is 48.5 Å². The van der Waals surface area contributed by atoms with E-state index in [0.29, 0.717) is 23.9 Å². The molecule has 1 atom stereocenters. The van der Waals surface area contributed by atoms with Crippen molar-refractivity contribution in [1.29, 1.82) is 0 Å². The van der Waals surface area contributed by atoms with Gasteiger partial charge in [0.25, 0.3) is 0 Å². The third-order valence-electron chi connectivity index (χ3n) is 6.69. The Morgan fingerprint density at radius 1 is 0.844 bits per heavy atom. The Morgan fingerprint density at radius 3 is 1.97 bits per heavy atom. The maximum absolute atomic E-state index is 6.21. The van der Waals surface area contributed by atoms with E-state index in [0.717, 1.165) is 24.8 Å². The van der Waals surface area contributed by atoms with E-state index in [1.165, 1.54) is 35.3 Å². The van der Waals surface area contributed by atoms with Gasteiger partial charge in [-0.1, -0.05) is 96.3 Å². The third-order valence-corrected chi connectivity index (χ3v) is 6.69. The van der Waals surface area contributed by atoms with Crippen LogP contribution < -0.4 is 5.73 Å². The van der Waals surface area contributed by atoms with Crippen molar-refractivity contribution in [3.63, 3.8) is 0 Å². The summed E-state index contributed by atoms with van der Waals surface area (Å²) >= 11 is 0. The van der Waals surface area contributed by atoms with Crippen molar-refractivity contribution in [3.8, 4) is 0 Å². The first-order valence-electron chi connectivity index (χ1n) is 12.6. The van der Waals surface area contributed by atoms with Crippen LogP contribution in [-0.2, 0) is 6.42 Å². The van der Waals surface area contributed by atoms with Crippen molar-refractivity contribution in [2.24, 2.45) is 11.7 Å². The molecule has 0 bridgehead atoms. The van der Waals surface area contributed by atoms with E-state index >= 15 is 0 Å². The van der Waals surface area contributed by atoms with Gasteiger partial charge in [0.2, 0.25) is 0 Å². The Kier molecular flexibility index (Phi) is 10.4. The fraction of sp³-hybridized carbons (Fsp3) is 0.552. The lowest BCUT2D eigenvalue weighted by Crippen LogP contribution is -2.31. The molecule has 0 saturated heterocycles. The van der Waals surface area contributed by atoms with Crippen LogP contribution >= 0.6 is 0 Å². The van der Waals surface area contributed by atoms with Gasteiger partial charge in [0.1, 0.15) is 5.82 Å². The monoisotopic (exact) mass is 435 g/mol. The normalized spacial score (nSPS) is 12.5. The highest BCUT2D eigenvalue weighted by Crippen LogP contribution is 2.28.